The molecular formula is C14H21NO3. The average Bonchev–Trinajstić information content (AvgIpc) is 2.82. The van der Waals surface area contributed by atoms with Crippen LogP contribution >= 0.6 is 0 Å². The summed E-state index contributed by atoms with van der Waals surface area (Å²) in [7, 11) is 0. The molecule has 1 aliphatic carbocycles. The minimum absolute atomic E-state index is 0.0699. The Morgan fingerprint density at radius 3 is 2.50 bits per heavy atom. The predicted octanol–water partition coefficient (Wildman–Crippen LogP) is 1.94. The Morgan fingerprint density at radius 2 is 1.94 bits per heavy atom. The molecule has 0 aliphatic heterocycles. The van der Waals surface area contributed by atoms with Crippen LogP contribution in [0.4, 0.5) is 0 Å². The molecule has 1 rings (SSSR count). The normalized spacial score (nSPS) is 17.1. The van der Waals surface area contributed by atoms with Crippen molar-refractivity contribution in [1.82, 2.24) is 5.32 Å². The molecule has 0 bridgehead atoms. The standard InChI is InChI=1S/C14H21NO3/c1-2-3-4-5-8-12(16)15-11-14(13(17)18)9-6-7-10-14/h1H,3-11H2,(H,15,16)(H,17,18). The topological polar surface area (TPSA) is 66.4 Å². The second kappa shape index (κ2) is 7.05. The summed E-state index contributed by atoms with van der Waals surface area (Å²) in [6.07, 6.45) is 11.0. The van der Waals surface area contributed by atoms with Crippen LogP contribution in [0, 0.1) is 17.8 Å². The van der Waals surface area contributed by atoms with Gasteiger partial charge in [-0.2, -0.15) is 0 Å². The lowest BCUT2D eigenvalue weighted by Gasteiger charge is -2.23. The Kier molecular flexibility index (Phi) is 5.70. The summed E-state index contributed by atoms with van der Waals surface area (Å²) < 4.78 is 0. The fraction of sp³-hybridized carbons (Fsp3) is 0.714. The number of hydrogen-bond acceptors (Lipinski definition) is 2. The monoisotopic (exact) mass is 251 g/mol. The van der Waals surface area contributed by atoms with Crippen LogP contribution in [-0.4, -0.2) is 23.5 Å². The summed E-state index contributed by atoms with van der Waals surface area (Å²) >= 11 is 0. The van der Waals surface area contributed by atoms with Crippen molar-refractivity contribution in [1.29, 1.82) is 0 Å². The Hall–Kier alpha value is -1.50. The SMILES string of the molecule is C#CCCCCC(=O)NCC1(C(=O)O)CCCC1. The van der Waals surface area contributed by atoms with E-state index < -0.39 is 11.4 Å². The first-order valence-electron chi connectivity index (χ1n) is 6.54. The van der Waals surface area contributed by atoms with Gasteiger partial charge in [0, 0.05) is 19.4 Å². The summed E-state index contributed by atoms with van der Waals surface area (Å²) in [5.74, 6) is 1.68. The van der Waals surface area contributed by atoms with Crippen LogP contribution < -0.4 is 5.32 Å². The van der Waals surface area contributed by atoms with E-state index in [0.29, 0.717) is 25.7 Å². The maximum atomic E-state index is 11.6. The van der Waals surface area contributed by atoms with Crippen LogP contribution in [0.25, 0.3) is 0 Å². The molecule has 0 spiro atoms. The molecule has 1 saturated carbocycles. The quantitative estimate of drug-likeness (QED) is 0.537. The van der Waals surface area contributed by atoms with Crippen LogP contribution in [0.15, 0.2) is 0 Å². The number of carboxylic acid groups (broad SMARTS) is 1. The number of carbonyl (C=O) groups excluding carboxylic acids is 1. The van der Waals surface area contributed by atoms with Crippen LogP contribution in [0.5, 0.6) is 0 Å². The summed E-state index contributed by atoms with van der Waals surface area (Å²) in [4.78, 5) is 22.8. The zero-order valence-electron chi connectivity index (χ0n) is 10.7. The smallest absolute Gasteiger partial charge is 0.311 e. The summed E-state index contributed by atoms with van der Waals surface area (Å²) in [6, 6.07) is 0. The Balaban J connectivity index is 2.28. The van der Waals surface area contributed by atoms with E-state index >= 15 is 0 Å². The average molecular weight is 251 g/mol. The minimum atomic E-state index is -0.785. The van der Waals surface area contributed by atoms with Gasteiger partial charge in [-0.3, -0.25) is 9.59 Å². The molecule has 0 saturated heterocycles. The molecule has 0 aromatic rings. The number of terminal acetylenes is 1. The van der Waals surface area contributed by atoms with Gasteiger partial charge in [-0.25, -0.2) is 0 Å². The second-order valence-corrected chi connectivity index (χ2v) is 4.98. The zero-order chi connectivity index (χ0) is 13.4. The molecule has 1 fully saturated rings. The van der Waals surface area contributed by atoms with Gasteiger partial charge in [0.15, 0.2) is 0 Å². The highest BCUT2D eigenvalue weighted by atomic mass is 16.4. The van der Waals surface area contributed by atoms with Crippen LogP contribution in [-0.2, 0) is 9.59 Å². The van der Waals surface area contributed by atoms with Gasteiger partial charge in [-0.1, -0.05) is 12.8 Å². The molecule has 0 unspecified atom stereocenters. The van der Waals surface area contributed by atoms with Crippen LogP contribution in [0.2, 0.25) is 0 Å². The molecule has 2 N–H and O–H groups in total. The molecule has 4 nitrogen and oxygen atoms in total. The molecule has 0 aromatic heterocycles. The van der Waals surface area contributed by atoms with Crippen molar-refractivity contribution >= 4 is 11.9 Å². The highest BCUT2D eigenvalue weighted by Gasteiger charge is 2.41. The van der Waals surface area contributed by atoms with Crippen LogP contribution in [0.1, 0.15) is 51.4 Å². The van der Waals surface area contributed by atoms with Crippen molar-refractivity contribution < 1.29 is 14.7 Å². The maximum Gasteiger partial charge on any atom is 0.311 e. The van der Waals surface area contributed by atoms with Crippen molar-refractivity contribution in [2.75, 3.05) is 6.54 Å². The van der Waals surface area contributed by atoms with E-state index in [1.807, 2.05) is 0 Å². The number of carboxylic acids is 1. The van der Waals surface area contributed by atoms with Gasteiger partial charge < -0.3 is 10.4 Å². The van der Waals surface area contributed by atoms with E-state index in [-0.39, 0.29) is 12.5 Å². The number of amides is 1. The van der Waals surface area contributed by atoms with E-state index in [1.165, 1.54) is 0 Å². The minimum Gasteiger partial charge on any atom is -0.481 e. The van der Waals surface area contributed by atoms with Gasteiger partial charge >= 0.3 is 5.97 Å². The third-order valence-corrected chi connectivity index (χ3v) is 3.61. The molecule has 4 heteroatoms. The first-order valence-corrected chi connectivity index (χ1v) is 6.54. The van der Waals surface area contributed by atoms with Crippen molar-refractivity contribution in [2.45, 2.75) is 51.4 Å². The number of hydrogen-bond donors (Lipinski definition) is 2. The van der Waals surface area contributed by atoms with Crippen molar-refractivity contribution in [3.63, 3.8) is 0 Å². The first kappa shape index (κ1) is 14.6. The third-order valence-electron chi connectivity index (χ3n) is 3.61. The van der Waals surface area contributed by atoms with E-state index in [4.69, 9.17) is 6.42 Å². The molecular weight excluding hydrogens is 230 g/mol. The second-order valence-electron chi connectivity index (χ2n) is 4.98. The van der Waals surface area contributed by atoms with Gasteiger partial charge in [-0.05, 0) is 25.7 Å². The Morgan fingerprint density at radius 1 is 1.28 bits per heavy atom. The summed E-state index contributed by atoms with van der Waals surface area (Å²) in [5.41, 5.74) is -0.728. The van der Waals surface area contributed by atoms with E-state index in [9.17, 15) is 14.7 Å². The molecule has 0 radical (unpaired) electrons. The van der Waals surface area contributed by atoms with Gasteiger partial charge in [0.25, 0.3) is 0 Å². The Bertz CT molecular complexity index is 337. The molecule has 0 aromatic carbocycles. The Labute approximate surface area is 108 Å². The fourth-order valence-electron chi connectivity index (χ4n) is 2.39. The van der Waals surface area contributed by atoms with Gasteiger partial charge in [0.2, 0.25) is 5.91 Å². The zero-order valence-corrected chi connectivity index (χ0v) is 10.7. The molecule has 18 heavy (non-hydrogen) atoms. The number of rotatable bonds is 7. The molecule has 1 aliphatic rings. The highest BCUT2D eigenvalue weighted by Crippen LogP contribution is 2.37. The lowest BCUT2D eigenvalue weighted by molar-refractivity contribution is -0.148. The number of aliphatic carboxylic acids is 1. The number of unbranched alkanes of at least 4 members (excludes halogenated alkanes) is 2. The highest BCUT2D eigenvalue weighted by molar-refractivity contribution is 5.79. The molecule has 100 valence electrons. The van der Waals surface area contributed by atoms with E-state index in [1.54, 1.807) is 0 Å². The summed E-state index contributed by atoms with van der Waals surface area (Å²) in [5, 5.41) is 12.0. The van der Waals surface area contributed by atoms with Gasteiger partial charge in [0.05, 0.1) is 5.41 Å². The van der Waals surface area contributed by atoms with Crippen LogP contribution in [0.3, 0.4) is 0 Å². The maximum absolute atomic E-state index is 11.6. The van der Waals surface area contributed by atoms with E-state index in [2.05, 4.69) is 11.2 Å². The van der Waals surface area contributed by atoms with Crippen molar-refractivity contribution in [3.8, 4) is 12.3 Å². The molecule has 0 heterocycles. The molecule has 0 atom stereocenters. The lowest BCUT2D eigenvalue weighted by Crippen LogP contribution is -2.41. The first-order chi connectivity index (χ1) is 8.60. The number of nitrogens with one attached hydrogen (secondary N) is 1. The van der Waals surface area contributed by atoms with Crippen molar-refractivity contribution in [2.24, 2.45) is 5.41 Å². The van der Waals surface area contributed by atoms with Crippen molar-refractivity contribution in [3.05, 3.63) is 0 Å². The van der Waals surface area contributed by atoms with Gasteiger partial charge in [0.1, 0.15) is 0 Å². The predicted molar refractivity (Wildman–Crippen MR) is 68.8 cm³/mol. The summed E-state index contributed by atoms with van der Waals surface area (Å²) in [6.45, 7) is 0.260. The fourth-order valence-corrected chi connectivity index (χ4v) is 2.39. The third kappa shape index (κ3) is 4.06. The van der Waals surface area contributed by atoms with E-state index in [0.717, 1.165) is 25.7 Å². The molecule has 1 amide bonds. The number of carbonyl (C=O) groups is 2. The van der Waals surface area contributed by atoms with Gasteiger partial charge in [-0.15, -0.1) is 12.3 Å². The largest absolute Gasteiger partial charge is 0.481 e. The lowest BCUT2D eigenvalue weighted by atomic mass is 9.86.